The number of fused-ring (bicyclic) bond motifs is 4. The van der Waals surface area contributed by atoms with Crippen molar-refractivity contribution in [2.75, 3.05) is 44.2 Å². The van der Waals surface area contributed by atoms with E-state index in [4.69, 9.17) is 14.2 Å². The lowest BCUT2D eigenvalue weighted by molar-refractivity contribution is -0.147. The van der Waals surface area contributed by atoms with Gasteiger partial charge >= 0.3 is 6.18 Å². The van der Waals surface area contributed by atoms with Crippen LogP contribution in [0.1, 0.15) is 64.8 Å². The highest BCUT2D eigenvalue weighted by molar-refractivity contribution is 6.23. The zero-order chi connectivity index (χ0) is 45.4. The average Bonchev–Trinajstić information content (AvgIpc) is 3.67. The molecule has 4 aliphatic heterocycles. The lowest BCUT2D eigenvalue weighted by Crippen LogP contribution is -2.55. The zero-order valence-electron chi connectivity index (χ0n) is 35.2. The van der Waals surface area contributed by atoms with Gasteiger partial charge in [0.2, 0.25) is 11.8 Å². The Morgan fingerprint density at radius 2 is 1.55 bits per heavy atom. The van der Waals surface area contributed by atoms with E-state index in [1.54, 1.807) is 28.3 Å². The summed E-state index contributed by atoms with van der Waals surface area (Å²) in [6, 6.07) is 11.9. The number of likely N-dealkylation sites (tertiary alicyclic amines) is 1. The predicted molar refractivity (Wildman–Crippen MR) is 224 cm³/mol. The number of aromatic nitrogens is 3. The van der Waals surface area contributed by atoms with E-state index in [2.05, 4.69) is 15.3 Å². The molecule has 2 aromatic carbocycles. The number of aryl methyl sites for hydroxylation is 1. The molecular weight excluding hydrogens is 858 g/mol. The highest BCUT2D eigenvalue weighted by atomic mass is 19.4. The summed E-state index contributed by atoms with van der Waals surface area (Å²) in [4.78, 5) is 62.6. The van der Waals surface area contributed by atoms with Gasteiger partial charge in [0.15, 0.2) is 0 Å². The van der Waals surface area contributed by atoms with Crippen molar-refractivity contribution in [3.8, 4) is 16.9 Å². The Kier molecular flexibility index (Phi) is 10.8. The van der Waals surface area contributed by atoms with Crippen LogP contribution in [-0.4, -0.2) is 124 Å². The maximum absolute atomic E-state index is 15.1. The Labute approximate surface area is 368 Å². The fourth-order valence-corrected chi connectivity index (χ4v) is 9.56. The van der Waals surface area contributed by atoms with Crippen LogP contribution in [0.25, 0.3) is 32.9 Å². The molecule has 10 rings (SSSR count). The molecule has 65 heavy (non-hydrogen) atoms. The first kappa shape index (κ1) is 42.9. The van der Waals surface area contributed by atoms with Crippen LogP contribution in [-0.2, 0) is 32.3 Å². The minimum atomic E-state index is -4.64. The second kappa shape index (κ2) is 16.4. The van der Waals surface area contributed by atoms with E-state index in [0.717, 1.165) is 32.8 Å². The number of imide groups is 2. The third kappa shape index (κ3) is 8.29. The molecule has 3 saturated heterocycles. The molecule has 1 atom stereocenters. The smallest absolute Gasteiger partial charge is 0.419 e. The van der Waals surface area contributed by atoms with E-state index in [0.29, 0.717) is 55.6 Å². The van der Waals surface area contributed by atoms with Gasteiger partial charge in [-0.15, -0.1) is 0 Å². The number of halogens is 5. The van der Waals surface area contributed by atoms with Crippen LogP contribution in [0.5, 0.6) is 5.75 Å². The van der Waals surface area contributed by atoms with Gasteiger partial charge in [-0.3, -0.25) is 39.3 Å². The number of carbonyl (C=O) groups is 4. The van der Waals surface area contributed by atoms with E-state index in [9.17, 15) is 32.3 Å². The molecule has 3 aromatic heterocycles. The van der Waals surface area contributed by atoms with Crippen LogP contribution in [0.4, 0.5) is 27.8 Å². The Hall–Kier alpha value is -6.05. The number of hydrogen-bond acceptors (Lipinski definition) is 11. The molecule has 0 bridgehead atoms. The van der Waals surface area contributed by atoms with Crippen molar-refractivity contribution < 1.29 is 55.3 Å². The molecule has 0 spiro atoms. The summed E-state index contributed by atoms with van der Waals surface area (Å²) in [5.41, 5.74) is 2.18. The lowest BCUT2D eigenvalue weighted by atomic mass is 9.92. The Morgan fingerprint density at radius 1 is 0.785 bits per heavy atom. The monoisotopic (exact) mass is 901 g/mol. The number of pyridine rings is 2. The fourth-order valence-electron chi connectivity index (χ4n) is 9.56. The number of hydrogen-bond donors (Lipinski definition) is 1. The minimum Gasteiger partial charge on any atom is -0.490 e. The van der Waals surface area contributed by atoms with E-state index in [1.165, 1.54) is 24.4 Å². The first-order valence-electron chi connectivity index (χ1n) is 21.6. The number of nitrogens with one attached hydrogen (secondary N) is 1. The summed E-state index contributed by atoms with van der Waals surface area (Å²) in [5.74, 6) is -5.41. The van der Waals surface area contributed by atoms with Gasteiger partial charge < -0.3 is 23.7 Å². The first-order valence-corrected chi connectivity index (χ1v) is 21.6. The standard InChI is InChI=1S/C46H44F5N7O7/c1-55-37-8-11-52-20-35(37)32-4-2-25(15-39(32)55)26-14-36(46(49,50)51)41(53-19-26)57-21-31(22-57)64-27-9-12-56(13-10-27)23-45(47,48)24-63-29-16-30(17-29)65-28-3-5-33-34(18-28)44(62)58(43(33)61)38-6-7-40(59)54-42(38)60/h2-5,8,11,14-15,18-20,27,29-31,38H,6-7,9-10,12-13,16-17,21-24H2,1H3,(H,54,59,60)/t29-,30-,38?. The van der Waals surface area contributed by atoms with Crippen LogP contribution in [0.3, 0.4) is 0 Å². The summed E-state index contributed by atoms with van der Waals surface area (Å²) in [6.07, 6.45) is 0.744. The molecule has 5 aliphatic rings. The molecule has 19 heteroatoms. The van der Waals surface area contributed by atoms with Crippen molar-refractivity contribution in [2.24, 2.45) is 7.05 Å². The number of carbonyl (C=O) groups excluding carboxylic acids is 4. The summed E-state index contributed by atoms with van der Waals surface area (Å²) in [6.45, 7) is -0.0501. The molecule has 4 fully saturated rings. The third-order valence-electron chi connectivity index (χ3n) is 13.1. The van der Waals surface area contributed by atoms with E-state index >= 15 is 8.78 Å². The normalized spacial score (nSPS) is 22.4. The summed E-state index contributed by atoms with van der Waals surface area (Å²) >= 11 is 0. The topological polar surface area (TPSA) is 148 Å². The van der Waals surface area contributed by atoms with Crippen LogP contribution in [0.2, 0.25) is 0 Å². The molecule has 1 saturated carbocycles. The van der Waals surface area contributed by atoms with Gasteiger partial charge in [-0.05, 0) is 61.2 Å². The van der Waals surface area contributed by atoms with Crippen LogP contribution < -0.4 is 15.0 Å². The number of ether oxygens (including phenoxy) is 3. The van der Waals surface area contributed by atoms with Gasteiger partial charge in [-0.2, -0.15) is 13.2 Å². The Bertz CT molecular complexity index is 2730. The SMILES string of the molecule is Cn1c2ccncc2c2ccc(-c3cnc(N4CC(OC5CCN(CC(F)(F)CO[C@H]6C[C@H](Oc7ccc8c(c7)C(=O)N(C7CCC(=O)NC7=O)C8=O)C6)CC5)C4)c(C(F)(F)F)c3)cc21. The number of benzene rings is 2. The van der Waals surface area contributed by atoms with Gasteiger partial charge in [0.25, 0.3) is 17.7 Å². The van der Waals surface area contributed by atoms with Gasteiger partial charge in [-0.1, -0.05) is 12.1 Å². The number of amides is 4. The van der Waals surface area contributed by atoms with Crippen molar-refractivity contribution in [3.05, 3.63) is 83.8 Å². The molecule has 0 radical (unpaired) electrons. The average molecular weight is 902 g/mol. The predicted octanol–water partition coefficient (Wildman–Crippen LogP) is 6.14. The molecule has 1 unspecified atom stereocenters. The summed E-state index contributed by atoms with van der Waals surface area (Å²) < 4.78 is 93.2. The highest BCUT2D eigenvalue weighted by Gasteiger charge is 2.46. The van der Waals surface area contributed by atoms with Gasteiger partial charge in [-0.25, -0.2) is 13.8 Å². The van der Waals surface area contributed by atoms with E-state index in [-0.39, 0.29) is 61.2 Å². The number of piperidine rings is 2. The number of rotatable bonds is 12. The maximum Gasteiger partial charge on any atom is 0.419 e. The van der Waals surface area contributed by atoms with Crippen LogP contribution >= 0.6 is 0 Å². The summed E-state index contributed by atoms with van der Waals surface area (Å²) in [7, 11) is 1.91. The van der Waals surface area contributed by atoms with Crippen molar-refractivity contribution >= 4 is 51.3 Å². The maximum atomic E-state index is 15.1. The van der Waals surface area contributed by atoms with Crippen molar-refractivity contribution in [3.63, 3.8) is 0 Å². The lowest BCUT2D eigenvalue weighted by Gasteiger charge is -2.43. The molecule has 5 aromatic rings. The first-order chi connectivity index (χ1) is 31.1. The van der Waals surface area contributed by atoms with Crippen LogP contribution in [0, 0.1) is 0 Å². The summed E-state index contributed by atoms with van der Waals surface area (Å²) in [5, 5.41) is 4.07. The minimum absolute atomic E-state index is 0.00948. The van der Waals surface area contributed by atoms with Crippen LogP contribution in [0.15, 0.2) is 67.1 Å². The molecule has 1 aliphatic carbocycles. The Balaban J connectivity index is 0.658. The highest BCUT2D eigenvalue weighted by Crippen LogP contribution is 2.41. The largest absolute Gasteiger partial charge is 0.490 e. The van der Waals surface area contributed by atoms with Crippen molar-refractivity contribution in [2.45, 2.75) is 81.1 Å². The van der Waals surface area contributed by atoms with E-state index in [1.807, 2.05) is 29.8 Å². The fraction of sp³-hybridized carbons (Fsp3) is 0.435. The number of alkyl halides is 5. The molecule has 340 valence electrons. The van der Waals surface area contributed by atoms with E-state index < -0.39 is 66.6 Å². The van der Waals surface area contributed by atoms with Crippen molar-refractivity contribution in [1.82, 2.24) is 29.7 Å². The Morgan fingerprint density at radius 3 is 2.31 bits per heavy atom. The molecular formula is C46H44F5N7O7. The third-order valence-corrected chi connectivity index (χ3v) is 13.1. The van der Waals surface area contributed by atoms with Gasteiger partial charge in [0, 0.05) is 92.9 Å². The molecule has 7 heterocycles. The second-order valence-electron chi connectivity index (χ2n) is 17.6. The molecule has 4 amide bonds. The van der Waals surface area contributed by atoms with Gasteiger partial charge in [0.1, 0.15) is 30.3 Å². The zero-order valence-corrected chi connectivity index (χ0v) is 35.2. The second-order valence-corrected chi connectivity index (χ2v) is 17.6. The quantitative estimate of drug-likeness (QED) is 0.114. The van der Waals surface area contributed by atoms with Crippen molar-refractivity contribution in [1.29, 1.82) is 0 Å². The molecule has 1 N–H and O–H groups in total. The molecule has 14 nitrogen and oxygen atoms in total. The number of anilines is 1. The van der Waals surface area contributed by atoms with Gasteiger partial charge in [0.05, 0.1) is 47.1 Å². The number of nitrogens with zero attached hydrogens (tertiary/aromatic N) is 6.